The number of aromatic nitrogens is 5. The van der Waals surface area contributed by atoms with Crippen molar-refractivity contribution in [2.45, 2.75) is 27.3 Å². The largest absolute Gasteiger partial charge is 0.462 e. The van der Waals surface area contributed by atoms with Crippen molar-refractivity contribution in [2.75, 3.05) is 6.61 Å². The summed E-state index contributed by atoms with van der Waals surface area (Å²) in [5.41, 5.74) is 2.40. The minimum atomic E-state index is -0.533. The highest BCUT2D eigenvalue weighted by atomic mass is 35.5. The maximum Gasteiger partial charge on any atom is 0.340 e. The quantitative estimate of drug-likeness (QED) is 0.515. The fourth-order valence-electron chi connectivity index (χ4n) is 2.85. The number of esters is 1. The van der Waals surface area contributed by atoms with Gasteiger partial charge in [0.15, 0.2) is 5.78 Å². The van der Waals surface area contributed by atoms with Crippen LogP contribution in [0.5, 0.6) is 0 Å². The van der Waals surface area contributed by atoms with Crippen molar-refractivity contribution in [3.63, 3.8) is 0 Å². The van der Waals surface area contributed by atoms with Gasteiger partial charge in [0.1, 0.15) is 6.54 Å². The van der Waals surface area contributed by atoms with Gasteiger partial charge in [-0.2, -0.15) is 4.80 Å². The number of nitrogens with one attached hydrogen (secondary N) is 1. The molecule has 0 saturated heterocycles. The standard InChI is InChI=1S/C18H18ClN5O3/c1-4-27-18(26)16-11(3)20-10(2)15(16)14(25)9-24-22-17(21-23-24)12-6-5-7-13(19)8-12/h5-8,20H,4,9H2,1-3H3. The average molecular weight is 388 g/mol. The Hall–Kier alpha value is -3.00. The minimum Gasteiger partial charge on any atom is -0.462 e. The third kappa shape index (κ3) is 3.90. The maximum absolute atomic E-state index is 12.8. The normalized spacial score (nSPS) is 10.8. The number of rotatable bonds is 6. The molecule has 1 aromatic carbocycles. The number of ketones is 1. The summed E-state index contributed by atoms with van der Waals surface area (Å²) in [5, 5.41) is 12.7. The minimum absolute atomic E-state index is 0.155. The number of hydrogen-bond donors (Lipinski definition) is 1. The highest BCUT2D eigenvalue weighted by Gasteiger charge is 2.26. The van der Waals surface area contributed by atoms with Gasteiger partial charge in [0, 0.05) is 22.0 Å². The summed E-state index contributed by atoms with van der Waals surface area (Å²) < 4.78 is 5.06. The third-order valence-corrected chi connectivity index (χ3v) is 4.19. The molecule has 0 aliphatic carbocycles. The van der Waals surface area contributed by atoms with E-state index in [-0.39, 0.29) is 30.1 Å². The summed E-state index contributed by atoms with van der Waals surface area (Å²) in [6.45, 7) is 5.24. The summed E-state index contributed by atoms with van der Waals surface area (Å²) in [5.74, 6) is -0.485. The molecule has 0 aliphatic rings. The Morgan fingerprint density at radius 2 is 1.96 bits per heavy atom. The Kier molecular flexibility index (Phi) is 5.36. The van der Waals surface area contributed by atoms with Crippen LogP contribution in [0.4, 0.5) is 0 Å². The molecule has 3 rings (SSSR count). The molecule has 0 amide bonds. The Bertz CT molecular complexity index is 1010. The molecule has 2 heterocycles. The number of carbonyl (C=O) groups excluding carboxylic acids is 2. The number of Topliss-reactive ketones (excluding diaryl/α,β-unsaturated/α-hetero) is 1. The second-order valence-corrected chi connectivity index (χ2v) is 6.36. The van der Waals surface area contributed by atoms with Crippen LogP contribution in [-0.2, 0) is 11.3 Å². The molecule has 9 heteroatoms. The predicted octanol–water partition coefficient (Wildman–Crippen LogP) is 3.00. The van der Waals surface area contributed by atoms with E-state index in [1.807, 2.05) is 0 Å². The number of ether oxygens (including phenoxy) is 1. The van der Waals surface area contributed by atoms with E-state index >= 15 is 0 Å². The molecule has 0 bridgehead atoms. The van der Waals surface area contributed by atoms with Crippen LogP contribution in [0.25, 0.3) is 11.4 Å². The molecule has 2 aromatic heterocycles. The topological polar surface area (TPSA) is 103 Å². The molecule has 0 unspecified atom stereocenters. The molecule has 27 heavy (non-hydrogen) atoms. The lowest BCUT2D eigenvalue weighted by Gasteiger charge is -2.05. The number of nitrogens with zero attached hydrogens (tertiary/aromatic N) is 4. The van der Waals surface area contributed by atoms with Gasteiger partial charge in [0.25, 0.3) is 0 Å². The molecule has 0 atom stereocenters. The highest BCUT2D eigenvalue weighted by Crippen LogP contribution is 2.21. The van der Waals surface area contributed by atoms with Crippen molar-refractivity contribution in [3.8, 4) is 11.4 Å². The second-order valence-electron chi connectivity index (χ2n) is 5.92. The fraction of sp³-hybridized carbons (Fsp3) is 0.278. The van der Waals surface area contributed by atoms with Gasteiger partial charge in [0.05, 0.1) is 17.7 Å². The second kappa shape index (κ2) is 7.71. The van der Waals surface area contributed by atoms with Gasteiger partial charge in [-0.25, -0.2) is 4.79 Å². The smallest absolute Gasteiger partial charge is 0.340 e. The Morgan fingerprint density at radius 3 is 2.67 bits per heavy atom. The van der Waals surface area contributed by atoms with Crippen molar-refractivity contribution in [1.82, 2.24) is 25.2 Å². The molecule has 0 spiro atoms. The zero-order chi connectivity index (χ0) is 19.6. The lowest BCUT2D eigenvalue weighted by Crippen LogP contribution is -2.17. The van der Waals surface area contributed by atoms with Gasteiger partial charge in [-0.05, 0) is 38.1 Å². The molecule has 140 valence electrons. The number of aryl methyl sites for hydroxylation is 2. The van der Waals surface area contributed by atoms with E-state index in [9.17, 15) is 9.59 Å². The zero-order valence-corrected chi connectivity index (χ0v) is 15.9. The first-order valence-electron chi connectivity index (χ1n) is 8.34. The zero-order valence-electron chi connectivity index (χ0n) is 15.1. The number of H-pyrrole nitrogens is 1. The Morgan fingerprint density at radius 1 is 1.22 bits per heavy atom. The van der Waals surface area contributed by atoms with Crippen molar-refractivity contribution < 1.29 is 14.3 Å². The average Bonchev–Trinajstić information content (AvgIpc) is 3.19. The summed E-state index contributed by atoms with van der Waals surface area (Å²) >= 11 is 5.97. The van der Waals surface area contributed by atoms with Crippen molar-refractivity contribution in [3.05, 3.63) is 51.8 Å². The molecule has 8 nitrogen and oxygen atoms in total. The summed E-state index contributed by atoms with van der Waals surface area (Å²) in [6, 6.07) is 7.03. The van der Waals surface area contributed by atoms with Gasteiger partial charge < -0.3 is 9.72 Å². The van der Waals surface area contributed by atoms with E-state index in [1.165, 1.54) is 4.80 Å². The van der Waals surface area contributed by atoms with Crippen LogP contribution in [0.1, 0.15) is 39.0 Å². The van der Waals surface area contributed by atoms with Crippen molar-refractivity contribution in [1.29, 1.82) is 0 Å². The van der Waals surface area contributed by atoms with E-state index in [2.05, 4.69) is 20.4 Å². The lowest BCUT2D eigenvalue weighted by molar-refractivity contribution is 0.0522. The molecule has 0 saturated carbocycles. The Balaban J connectivity index is 1.86. The van der Waals surface area contributed by atoms with E-state index in [0.29, 0.717) is 27.8 Å². The molecule has 0 aliphatic heterocycles. The molecule has 1 N–H and O–H groups in total. The first-order chi connectivity index (χ1) is 12.9. The number of carbonyl (C=O) groups is 2. The highest BCUT2D eigenvalue weighted by molar-refractivity contribution is 6.30. The number of halogens is 1. The van der Waals surface area contributed by atoms with Crippen LogP contribution < -0.4 is 0 Å². The number of tetrazole rings is 1. The van der Waals surface area contributed by atoms with Gasteiger partial charge in [-0.3, -0.25) is 4.79 Å². The first-order valence-corrected chi connectivity index (χ1v) is 8.71. The van der Waals surface area contributed by atoms with Gasteiger partial charge in [-0.15, -0.1) is 10.2 Å². The van der Waals surface area contributed by atoms with Crippen LogP contribution in [-0.4, -0.2) is 43.6 Å². The molecule has 0 radical (unpaired) electrons. The molecule has 0 fully saturated rings. The summed E-state index contributed by atoms with van der Waals surface area (Å²) in [7, 11) is 0. The van der Waals surface area contributed by atoms with Crippen LogP contribution in [0.3, 0.4) is 0 Å². The first kappa shape index (κ1) is 18.8. The van der Waals surface area contributed by atoms with Crippen LogP contribution in [0, 0.1) is 13.8 Å². The molecular formula is C18H18ClN5O3. The van der Waals surface area contributed by atoms with Crippen LogP contribution in [0.15, 0.2) is 24.3 Å². The van der Waals surface area contributed by atoms with Crippen molar-refractivity contribution >= 4 is 23.4 Å². The van der Waals surface area contributed by atoms with E-state index < -0.39 is 5.97 Å². The fourth-order valence-corrected chi connectivity index (χ4v) is 3.04. The summed E-state index contributed by atoms with van der Waals surface area (Å²) in [6.07, 6.45) is 0. The summed E-state index contributed by atoms with van der Waals surface area (Å²) in [4.78, 5) is 29.2. The van der Waals surface area contributed by atoms with Gasteiger partial charge in [0.2, 0.25) is 5.82 Å². The number of benzene rings is 1. The predicted molar refractivity (Wildman–Crippen MR) is 98.8 cm³/mol. The number of aromatic amines is 1. The SMILES string of the molecule is CCOC(=O)c1c(C)[nH]c(C)c1C(=O)Cn1nnc(-c2cccc(Cl)c2)n1. The lowest BCUT2D eigenvalue weighted by atomic mass is 10.0. The van der Waals surface area contributed by atoms with E-state index in [1.54, 1.807) is 45.0 Å². The van der Waals surface area contributed by atoms with E-state index in [4.69, 9.17) is 16.3 Å². The van der Waals surface area contributed by atoms with Gasteiger partial charge >= 0.3 is 5.97 Å². The maximum atomic E-state index is 12.8. The Labute approximate surface area is 160 Å². The van der Waals surface area contributed by atoms with E-state index in [0.717, 1.165) is 0 Å². The monoisotopic (exact) mass is 387 g/mol. The molecular weight excluding hydrogens is 370 g/mol. The van der Waals surface area contributed by atoms with Gasteiger partial charge in [-0.1, -0.05) is 23.7 Å². The third-order valence-electron chi connectivity index (χ3n) is 3.95. The van der Waals surface area contributed by atoms with Crippen molar-refractivity contribution in [2.24, 2.45) is 0 Å². The number of hydrogen-bond acceptors (Lipinski definition) is 6. The molecule has 3 aromatic rings. The van der Waals surface area contributed by atoms with Crippen LogP contribution in [0.2, 0.25) is 5.02 Å². The van der Waals surface area contributed by atoms with Crippen LogP contribution >= 0.6 is 11.6 Å².